The molecule has 0 aliphatic carbocycles. The number of nitrogens with one attached hydrogen (secondary N) is 1. The van der Waals surface area contributed by atoms with E-state index in [0.29, 0.717) is 10.9 Å². The summed E-state index contributed by atoms with van der Waals surface area (Å²) in [5.74, 6) is 0. The van der Waals surface area contributed by atoms with Crippen molar-refractivity contribution in [2.75, 3.05) is 6.54 Å². The molecule has 3 nitrogen and oxygen atoms in total. The fraction of sp³-hybridized carbons (Fsp3) is 0.500. The topological polar surface area (TPSA) is 46.2 Å². The van der Waals surface area contributed by atoms with Crippen LogP contribution in [0.1, 0.15) is 18.9 Å². The molecule has 0 fully saturated rings. The molecule has 0 unspecified atom stereocenters. The Hall–Kier alpha value is -0.100. The van der Waals surface area contributed by atoms with Crippen LogP contribution >= 0.6 is 22.9 Å². The molecule has 0 spiro atoms. The number of rotatable bonds is 4. The Balaban J connectivity index is 2.93. The van der Waals surface area contributed by atoms with Gasteiger partial charge in [-0.1, -0.05) is 18.5 Å². The van der Waals surface area contributed by atoms with Gasteiger partial charge in [-0.15, -0.1) is 11.3 Å². The van der Waals surface area contributed by atoms with E-state index in [-0.39, 0.29) is 4.21 Å². The van der Waals surface area contributed by atoms with Gasteiger partial charge in [0.15, 0.2) is 0 Å². The van der Waals surface area contributed by atoms with Gasteiger partial charge in [-0.2, -0.15) is 0 Å². The lowest BCUT2D eigenvalue weighted by molar-refractivity contribution is 0.583. The first-order valence-corrected chi connectivity index (χ1v) is 6.90. The van der Waals surface area contributed by atoms with Gasteiger partial charge in [-0.25, -0.2) is 13.1 Å². The van der Waals surface area contributed by atoms with Crippen molar-refractivity contribution in [3.05, 3.63) is 16.0 Å². The van der Waals surface area contributed by atoms with Crippen LogP contribution in [0.4, 0.5) is 0 Å². The Morgan fingerprint density at radius 3 is 2.64 bits per heavy atom. The molecular weight excluding hydrogens is 242 g/mol. The van der Waals surface area contributed by atoms with E-state index >= 15 is 0 Å². The quantitative estimate of drug-likeness (QED) is 0.896. The fourth-order valence-electron chi connectivity index (χ4n) is 0.872. The van der Waals surface area contributed by atoms with Crippen molar-refractivity contribution in [3.8, 4) is 0 Å². The van der Waals surface area contributed by atoms with Crippen LogP contribution in [0.5, 0.6) is 0 Å². The van der Waals surface area contributed by atoms with Crippen molar-refractivity contribution < 1.29 is 8.42 Å². The molecule has 0 aromatic carbocycles. The van der Waals surface area contributed by atoms with Crippen molar-refractivity contribution in [3.63, 3.8) is 0 Å². The second kappa shape index (κ2) is 4.61. The van der Waals surface area contributed by atoms with Crippen molar-refractivity contribution >= 4 is 33.0 Å². The molecule has 0 bridgehead atoms. The van der Waals surface area contributed by atoms with Gasteiger partial charge >= 0.3 is 0 Å². The summed E-state index contributed by atoms with van der Waals surface area (Å²) >= 11 is 6.88. The maximum atomic E-state index is 11.6. The van der Waals surface area contributed by atoms with Crippen molar-refractivity contribution in [2.45, 2.75) is 24.5 Å². The third-order valence-electron chi connectivity index (χ3n) is 1.64. The van der Waals surface area contributed by atoms with Gasteiger partial charge in [0.05, 0.1) is 4.34 Å². The molecule has 0 amide bonds. The average Bonchev–Trinajstić information content (AvgIpc) is 2.45. The molecule has 80 valence electrons. The van der Waals surface area contributed by atoms with Gasteiger partial charge in [-0.3, -0.25) is 0 Å². The Labute approximate surface area is 93.1 Å². The van der Waals surface area contributed by atoms with Crippen LogP contribution in [0, 0.1) is 6.92 Å². The van der Waals surface area contributed by atoms with Crippen LogP contribution in [0.25, 0.3) is 0 Å². The van der Waals surface area contributed by atoms with Gasteiger partial charge in [-0.05, 0) is 25.0 Å². The first-order chi connectivity index (χ1) is 6.47. The molecular formula is C8H12ClNO2S2. The highest BCUT2D eigenvalue weighted by molar-refractivity contribution is 7.91. The minimum absolute atomic E-state index is 0.286. The summed E-state index contributed by atoms with van der Waals surface area (Å²) in [5.41, 5.74) is 0.800. The molecule has 0 radical (unpaired) electrons. The van der Waals surface area contributed by atoms with Crippen LogP contribution < -0.4 is 4.72 Å². The number of aryl methyl sites for hydroxylation is 1. The van der Waals surface area contributed by atoms with Crippen molar-refractivity contribution in [2.24, 2.45) is 0 Å². The summed E-state index contributed by atoms with van der Waals surface area (Å²) < 4.78 is 26.5. The minimum Gasteiger partial charge on any atom is -0.210 e. The summed E-state index contributed by atoms with van der Waals surface area (Å²) in [5, 5.41) is 0. The zero-order valence-corrected chi connectivity index (χ0v) is 10.4. The molecule has 0 saturated heterocycles. The molecule has 1 rings (SSSR count). The molecule has 0 aliphatic rings. The van der Waals surface area contributed by atoms with E-state index < -0.39 is 10.0 Å². The van der Waals surface area contributed by atoms with Crippen LogP contribution in [0.2, 0.25) is 4.34 Å². The number of hydrogen-bond acceptors (Lipinski definition) is 3. The second-order valence-corrected chi connectivity index (χ2v) is 6.57. The van der Waals surface area contributed by atoms with E-state index in [0.717, 1.165) is 23.3 Å². The number of thiophene rings is 1. The maximum absolute atomic E-state index is 11.6. The first kappa shape index (κ1) is 12.0. The molecule has 14 heavy (non-hydrogen) atoms. The van der Waals surface area contributed by atoms with Crippen LogP contribution in [0.15, 0.2) is 10.3 Å². The van der Waals surface area contributed by atoms with Crippen molar-refractivity contribution in [1.82, 2.24) is 4.72 Å². The summed E-state index contributed by atoms with van der Waals surface area (Å²) in [4.78, 5) is 0. The standard InChI is InChI=1S/C8H12ClNO2S2/c1-3-4-10-14(11,12)7-5-6(2)8(9)13-7/h5,10H,3-4H2,1-2H3. The first-order valence-electron chi connectivity index (χ1n) is 4.23. The molecule has 0 saturated carbocycles. The lowest BCUT2D eigenvalue weighted by Crippen LogP contribution is -2.23. The lowest BCUT2D eigenvalue weighted by atomic mass is 10.4. The van der Waals surface area contributed by atoms with Gasteiger partial charge < -0.3 is 0 Å². The Morgan fingerprint density at radius 2 is 2.21 bits per heavy atom. The third kappa shape index (κ3) is 2.70. The third-order valence-corrected chi connectivity index (χ3v) is 5.13. The number of hydrogen-bond donors (Lipinski definition) is 1. The molecule has 1 aromatic rings. The number of sulfonamides is 1. The Bertz CT molecular complexity index is 391. The van der Waals surface area contributed by atoms with Crippen LogP contribution in [-0.2, 0) is 10.0 Å². The summed E-state index contributed by atoms with van der Waals surface area (Å²) in [6, 6.07) is 1.59. The molecule has 1 heterocycles. The monoisotopic (exact) mass is 253 g/mol. The van der Waals surface area contributed by atoms with Crippen molar-refractivity contribution in [1.29, 1.82) is 0 Å². The maximum Gasteiger partial charge on any atom is 0.250 e. The normalized spacial score (nSPS) is 11.9. The van der Waals surface area contributed by atoms with Crippen LogP contribution in [0.3, 0.4) is 0 Å². The molecule has 0 atom stereocenters. The van der Waals surface area contributed by atoms with Crippen LogP contribution in [-0.4, -0.2) is 15.0 Å². The van der Waals surface area contributed by atoms with E-state index in [2.05, 4.69) is 4.72 Å². The van der Waals surface area contributed by atoms with E-state index in [9.17, 15) is 8.42 Å². The van der Waals surface area contributed by atoms with Gasteiger partial charge in [0.2, 0.25) is 10.0 Å². The predicted octanol–water partition coefficient (Wildman–Crippen LogP) is 2.40. The van der Waals surface area contributed by atoms with Gasteiger partial charge in [0.25, 0.3) is 0 Å². The minimum atomic E-state index is -3.34. The molecule has 0 aliphatic heterocycles. The Morgan fingerprint density at radius 1 is 1.57 bits per heavy atom. The highest BCUT2D eigenvalue weighted by Crippen LogP contribution is 2.29. The Kier molecular flexibility index (Phi) is 3.94. The SMILES string of the molecule is CCCNS(=O)(=O)c1cc(C)c(Cl)s1. The summed E-state index contributed by atoms with van der Waals surface area (Å²) in [7, 11) is -3.34. The smallest absolute Gasteiger partial charge is 0.210 e. The highest BCUT2D eigenvalue weighted by Gasteiger charge is 2.17. The van der Waals surface area contributed by atoms with E-state index in [1.54, 1.807) is 13.0 Å². The fourth-order valence-corrected chi connectivity index (χ4v) is 3.76. The van der Waals surface area contributed by atoms with Gasteiger partial charge in [0, 0.05) is 6.54 Å². The van der Waals surface area contributed by atoms with E-state index in [4.69, 9.17) is 11.6 Å². The molecule has 1 aromatic heterocycles. The largest absolute Gasteiger partial charge is 0.250 e. The number of halogens is 1. The second-order valence-electron chi connectivity index (χ2n) is 2.92. The average molecular weight is 254 g/mol. The summed E-state index contributed by atoms with van der Waals surface area (Å²) in [6.07, 6.45) is 0.775. The van der Waals surface area contributed by atoms with E-state index in [1.807, 2.05) is 6.92 Å². The zero-order chi connectivity index (χ0) is 10.8. The predicted molar refractivity (Wildman–Crippen MR) is 59.5 cm³/mol. The lowest BCUT2D eigenvalue weighted by Gasteiger charge is -2.01. The molecule has 6 heteroatoms. The van der Waals surface area contributed by atoms with Gasteiger partial charge in [0.1, 0.15) is 4.21 Å². The molecule has 1 N–H and O–H groups in total. The highest BCUT2D eigenvalue weighted by atomic mass is 35.5. The summed E-state index contributed by atoms with van der Waals surface area (Å²) in [6.45, 7) is 4.16. The van der Waals surface area contributed by atoms with E-state index in [1.165, 1.54) is 0 Å². The zero-order valence-electron chi connectivity index (χ0n) is 8.00.